The summed E-state index contributed by atoms with van der Waals surface area (Å²) in [7, 11) is 3.27. The number of benzene rings is 3. The van der Waals surface area contributed by atoms with Crippen molar-refractivity contribution >= 4 is 22.2 Å². The summed E-state index contributed by atoms with van der Waals surface area (Å²) < 4.78 is 16.8. The lowest BCUT2D eigenvalue weighted by atomic mass is 9.71. The standard InChI is InChI=1S/C29H25NO4/c1-32-25-12-10-18(16-26(25)33-2)27-28-20-7-4-3-6-17(20)9-11-21(28)30-22-14-19(15-23(31)29(22)27)24-8-5-13-34-24/h3-13,16,19,27,30H,14-15H2,1-2H3. The normalized spacial score (nSPS) is 19.4. The third-order valence-corrected chi connectivity index (χ3v) is 7.03. The van der Waals surface area contributed by atoms with Crippen LogP contribution in [-0.2, 0) is 4.79 Å². The molecule has 4 aromatic rings. The molecule has 0 amide bonds. The summed E-state index contributed by atoms with van der Waals surface area (Å²) >= 11 is 0. The number of hydrogen-bond acceptors (Lipinski definition) is 5. The number of furan rings is 1. The van der Waals surface area contributed by atoms with Gasteiger partial charge in [0.05, 0.1) is 20.5 Å². The molecule has 1 aliphatic carbocycles. The van der Waals surface area contributed by atoms with E-state index in [1.807, 2.05) is 42.5 Å². The highest BCUT2D eigenvalue weighted by Gasteiger charge is 2.40. The Morgan fingerprint density at radius 2 is 1.76 bits per heavy atom. The Balaban J connectivity index is 1.58. The number of methoxy groups -OCH3 is 2. The number of ether oxygens (including phenoxy) is 2. The van der Waals surface area contributed by atoms with Crippen molar-refractivity contribution in [1.29, 1.82) is 0 Å². The summed E-state index contributed by atoms with van der Waals surface area (Å²) in [4.78, 5) is 13.7. The molecule has 0 saturated heterocycles. The fourth-order valence-corrected chi connectivity index (χ4v) is 5.50. The summed E-state index contributed by atoms with van der Waals surface area (Å²) in [5.41, 5.74) is 4.96. The average Bonchev–Trinajstić information content (AvgIpc) is 3.42. The number of ketones is 1. The molecule has 0 spiro atoms. The van der Waals surface area contributed by atoms with Gasteiger partial charge in [0.25, 0.3) is 0 Å². The van der Waals surface area contributed by atoms with Crippen molar-refractivity contribution in [1.82, 2.24) is 0 Å². The molecule has 1 N–H and O–H groups in total. The molecule has 0 bridgehead atoms. The van der Waals surface area contributed by atoms with Crippen LogP contribution in [0.5, 0.6) is 11.5 Å². The lowest BCUT2D eigenvalue weighted by molar-refractivity contribution is -0.116. The molecule has 6 rings (SSSR count). The van der Waals surface area contributed by atoms with Crippen molar-refractivity contribution < 1.29 is 18.7 Å². The summed E-state index contributed by atoms with van der Waals surface area (Å²) in [6.07, 6.45) is 2.83. The van der Waals surface area contributed by atoms with Gasteiger partial charge in [0.2, 0.25) is 0 Å². The average molecular weight is 452 g/mol. The number of fused-ring (bicyclic) bond motifs is 3. The largest absolute Gasteiger partial charge is 0.493 e. The maximum Gasteiger partial charge on any atom is 0.162 e. The van der Waals surface area contributed by atoms with Gasteiger partial charge in [-0.3, -0.25) is 4.79 Å². The van der Waals surface area contributed by atoms with E-state index in [-0.39, 0.29) is 17.6 Å². The van der Waals surface area contributed by atoms with Gasteiger partial charge in [0.15, 0.2) is 17.3 Å². The first-order valence-electron chi connectivity index (χ1n) is 11.5. The van der Waals surface area contributed by atoms with E-state index in [1.54, 1.807) is 20.5 Å². The van der Waals surface area contributed by atoms with Crippen LogP contribution in [0.2, 0.25) is 0 Å². The fraction of sp³-hybridized carbons (Fsp3) is 0.207. The molecule has 2 atom stereocenters. The zero-order valence-corrected chi connectivity index (χ0v) is 19.1. The van der Waals surface area contributed by atoms with Crippen LogP contribution >= 0.6 is 0 Å². The summed E-state index contributed by atoms with van der Waals surface area (Å²) in [6, 6.07) is 22.4. The first-order valence-corrected chi connectivity index (χ1v) is 11.5. The molecule has 2 heterocycles. The Hall–Kier alpha value is -3.99. The van der Waals surface area contributed by atoms with Gasteiger partial charge in [0, 0.05) is 35.2 Å². The van der Waals surface area contributed by atoms with Crippen LogP contribution in [-0.4, -0.2) is 20.0 Å². The van der Waals surface area contributed by atoms with Crippen molar-refractivity contribution in [2.45, 2.75) is 24.7 Å². The number of Topliss-reactive ketones (excluding diaryl/α,β-unsaturated/α-hetero) is 1. The number of nitrogens with one attached hydrogen (secondary N) is 1. The van der Waals surface area contributed by atoms with Gasteiger partial charge in [-0.1, -0.05) is 36.4 Å². The molecule has 5 heteroatoms. The molecule has 1 aliphatic heterocycles. The van der Waals surface area contributed by atoms with E-state index in [2.05, 4.69) is 29.6 Å². The molecule has 0 radical (unpaired) electrons. The number of hydrogen-bond donors (Lipinski definition) is 1. The fourth-order valence-electron chi connectivity index (χ4n) is 5.50. The molecular weight excluding hydrogens is 426 g/mol. The first-order chi connectivity index (χ1) is 16.7. The third kappa shape index (κ3) is 3.19. The zero-order chi connectivity index (χ0) is 23.2. The van der Waals surface area contributed by atoms with Crippen LogP contribution in [0.25, 0.3) is 10.8 Å². The van der Waals surface area contributed by atoms with Crippen molar-refractivity contribution in [2.75, 3.05) is 19.5 Å². The van der Waals surface area contributed by atoms with E-state index in [9.17, 15) is 4.79 Å². The first kappa shape index (κ1) is 20.6. The Kier molecular flexibility index (Phi) is 4.91. The van der Waals surface area contributed by atoms with Gasteiger partial charge in [-0.2, -0.15) is 0 Å². The summed E-state index contributed by atoms with van der Waals surface area (Å²) in [5, 5.41) is 5.91. The Morgan fingerprint density at radius 1 is 0.912 bits per heavy atom. The molecular formula is C29H25NO4. The molecule has 5 nitrogen and oxygen atoms in total. The highest BCUT2D eigenvalue weighted by Crippen LogP contribution is 2.50. The molecule has 2 unspecified atom stereocenters. The molecule has 34 heavy (non-hydrogen) atoms. The van der Waals surface area contributed by atoms with Crippen LogP contribution in [0.3, 0.4) is 0 Å². The van der Waals surface area contributed by atoms with Gasteiger partial charge < -0.3 is 19.2 Å². The second kappa shape index (κ2) is 8.10. The van der Waals surface area contributed by atoms with Gasteiger partial charge in [-0.25, -0.2) is 0 Å². The predicted molar refractivity (Wildman–Crippen MR) is 132 cm³/mol. The lowest BCUT2D eigenvalue weighted by Gasteiger charge is -2.37. The van der Waals surface area contributed by atoms with Crippen molar-refractivity contribution in [3.05, 3.63) is 101 Å². The second-order valence-electron chi connectivity index (χ2n) is 8.86. The van der Waals surface area contributed by atoms with Gasteiger partial charge in [0.1, 0.15) is 5.76 Å². The monoisotopic (exact) mass is 451 g/mol. The van der Waals surface area contributed by atoms with E-state index in [0.29, 0.717) is 17.9 Å². The highest BCUT2D eigenvalue weighted by atomic mass is 16.5. The van der Waals surface area contributed by atoms with Crippen LogP contribution < -0.4 is 14.8 Å². The summed E-state index contributed by atoms with van der Waals surface area (Å²) in [6.45, 7) is 0. The van der Waals surface area contributed by atoms with Crippen LogP contribution in [0.1, 0.15) is 41.6 Å². The Bertz CT molecular complexity index is 1430. The van der Waals surface area contributed by atoms with Crippen LogP contribution in [0, 0.1) is 0 Å². The minimum Gasteiger partial charge on any atom is -0.493 e. The highest BCUT2D eigenvalue weighted by molar-refractivity contribution is 6.04. The second-order valence-corrected chi connectivity index (χ2v) is 8.86. The lowest BCUT2D eigenvalue weighted by Crippen LogP contribution is -2.29. The van der Waals surface area contributed by atoms with Crippen molar-refractivity contribution in [3.8, 4) is 11.5 Å². The van der Waals surface area contributed by atoms with E-state index in [4.69, 9.17) is 13.9 Å². The van der Waals surface area contributed by atoms with Gasteiger partial charge in [-0.15, -0.1) is 0 Å². The van der Waals surface area contributed by atoms with E-state index in [0.717, 1.165) is 51.0 Å². The van der Waals surface area contributed by atoms with Gasteiger partial charge in [-0.05, 0) is 58.7 Å². The van der Waals surface area contributed by atoms with E-state index >= 15 is 0 Å². The molecule has 0 saturated carbocycles. The van der Waals surface area contributed by atoms with Gasteiger partial charge >= 0.3 is 0 Å². The summed E-state index contributed by atoms with van der Waals surface area (Å²) in [5.74, 6) is 2.14. The van der Waals surface area contributed by atoms with E-state index < -0.39 is 0 Å². The Morgan fingerprint density at radius 3 is 2.56 bits per heavy atom. The quantitative estimate of drug-likeness (QED) is 0.389. The maximum absolute atomic E-state index is 13.7. The predicted octanol–water partition coefficient (Wildman–Crippen LogP) is 6.41. The Labute approximate surface area is 198 Å². The smallest absolute Gasteiger partial charge is 0.162 e. The third-order valence-electron chi connectivity index (χ3n) is 7.03. The van der Waals surface area contributed by atoms with Crippen LogP contribution in [0.15, 0.2) is 88.7 Å². The number of carbonyl (C=O) groups is 1. The topological polar surface area (TPSA) is 60.7 Å². The molecule has 1 aromatic heterocycles. The molecule has 2 aliphatic rings. The number of allylic oxidation sites excluding steroid dienone is 2. The molecule has 170 valence electrons. The van der Waals surface area contributed by atoms with Crippen LogP contribution in [0.4, 0.5) is 5.69 Å². The number of carbonyl (C=O) groups excluding carboxylic acids is 1. The molecule has 0 fully saturated rings. The van der Waals surface area contributed by atoms with E-state index in [1.165, 1.54) is 0 Å². The SMILES string of the molecule is COc1ccc(C2C3=C(CC(c4ccco4)CC3=O)Nc3ccc4ccccc4c32)cc1OC. The molecule has 3 aromatic carbocycles. The minimum atomic E-state index is -0.206. The number of anilines is 1. The van der Waals surface area contributed by atoms with Crippen molar-refractivity contribution in [2.24, 2.45) is 0 Å². The maximum atomic E-state index is 13.7. The number of rotatable bonds is 4. The zero-order valence-electron chi connectivity index (χ0n) is 19.1. The van der Waals surface area contributed by atoms with Crippen molar-refractivity contribution in [3.63, 3.8) is 0 Å². The minimum absolute atomic E-state index is 0.0295.